The van der Waals surface area contributed by atoms with Crippen LogP contribution in [0, 0.1) is 5.82 Å². The van der Waals surface area contributed by atoms with Crippen molar-refractivity contribution in [2.75, 3.05) is 5.32 Å². The molecule has 0 fully saturated rings. The fraction of sp³-hybridized carbons (Fsp3) is 0.0909. The highest BCUT2D eigenvalue weighted by Crippen LogP contribution is 2.20. The van der Waals surface area contributed by atoms with E-state index in [4.69, 9.17) is 11.6 Å². The van der Waals surface area contributed by atoms with Gasteiger partial charge < -0.3 is 5.32 Å². The molecular weight excluding hydrogens is 233 g/mol. The van der Waals surface area contributed by atoms with Crippen LogP contribution < -0.4 is 5.32 Å². The van der Waals surface area contributed by atoms with E-state index < -0.39 is 0 Å². The Balaban J connectivity index is 2.07. The Labute approximate surface area is 96.5 Å². The average Bonchev–Trinajstić information content (AvgIpc) is 2.72. The van der Waals surface area contributed by atoms with Gasteiger partial charge in [0.05, 0.1) is 5.69 Å². The zero-order valence-electron chi connectivity index (χ0n) is 7.84. The van der Waals surface area contributed by atoms with E-state index in [1.165, 1.54) is 12.1 Å². The maximum atomic E-state index is 13.3. The van der Waals surface area contributed by atoms with E-state index in [0.717, 1.165) is 4.88 Å². The lowest BCUT2D eigenvalue weighted by molar-refractivity contribution is 0.630. The second kappa shape index (κ2) is 4.64. The predicted molar refractivity (Wildman–Crippen MR) is 63.1 cm³/mol. The molecule has 0 atom stereocenters. The van der Waals surface area contributed by atoms with Crippen molar-refractivity contribution in [2.45, 2.75) is 6.54 Å². The van der Waals surface area contributed by atoms with E-state index >= 15 is 0 Å². The monoisotopic (exact) mass is 241 g/mol. The lowest BCUT2D eigenvalue weighted by atomic mass is 10.3. The fourth-order valence-electron chi connectivity index (χ4n) is 1.23. The van der Waals surface area contributed by atoms with Crippen LogP contribution in [-0.4, -0.2) is 0 Å². The molecule has 1 aromatic heterocycles. The molecule has 4 heteroatoms. The largest absolute Gasteiger partial charge is 0.378 e. The predicted octanol–water partition coefficient (Wildman–Crippen LogP) is 4.15. The summed E-state index contributed by atoms with van der Waals surface area (Å²) in [5, 5.41) is 5.53. The first-order valence-corrected chi connectivity index (χ1v) is 5.73. The number of nitrogens with one attached hydrogen (secondary N) is 1. The Morgan fingerprint density at radius 2 is 2.20 bits per heavy atom. The summed E-state index contributed by atoms with van der Waals surface area (Å²) in [6.45, 7) is 0.620. The zero-order valence-corrected chi connectivity index (χ0v) is 9.41. The molecule has 0 saturated carbocycles. The van der Waals surface area contributed by atoms with Gasteiger partial charge in [-0.05, 0) is 29.6 Å². The van der Waals surface area contributed by atoms with Crippen LogP contribution in [0.1, 0.15) is 4.88 Å². The van der Waals surface area contributed by atoms with Crippen molar-refractivity contribution in [2.24, 2.45) is 0 Å². The summed E-state index contributed by atoms with van der Waals surface area (Å²) < 4.78 is 13.3. The molecule has 0 amide bonds. The number of hydrogen-bond acceptors (Lipinski definition) is 2. The van der Waals surface area contributed by atoms with Gasteiger partial charge in [0, 0.05) is 16.4 Å². The fourth-order valence-corrected chi connectivity index (χ4v) is 2.05. The van der Waals surface area contributed by atoms with Crippen LogP contribution in [-0.2, 0) is 6.54 Å². The molecule has 2 rings (SSSR count). The summed E-state index contributed by atoms with van der Waals surface area (Å²) in [4.78, 5) is 1.16. The molecule has 0 aliphatic rings. The summed E-state index contributed by atoms with van der Waals surface area (Å²) >= 11 is 7.41. The van der Waals surface area contributed by atoms with E-state index in [1.54, 1.807) is 17.4 Å². The van der Waals surface area contributed by atoms with Gasteiger partial charge in [-0.15, -0.1) is 11.3 Å². The van der Waals surface area contributed by atoms with Gasteiger partial charge in [-0.2, -0.15) is 0 Å². The molecule has 0 unspecified atom stereocenters. The smallest absolute Gasteiger partial charge is 0.146 e. The summed E-state index contributed by atoms with van der Waals surface area (Å²) in [7, 11) is 0. The van der Waals surface area contributed by atoms with E-state index in [1.807, 2.05) is 17.5 Å². The van der Waals surface area contributed by atoms with Crippen LogP contribution in [0.25, 0.3) is 0 Å². The normalized spacial score (nSPS) is 10.3. The van der Waals surface area contributed by atoms with Crippen LogP contribution in [0.5, 0.6) is 0 Å². The molecule has 78 valence electrons. The molecule has 1 N–H and O–H groups in total. The summed E-state index contributed by atoms with van der Waals surface area (Å²) in [6, 6.07) is 8.45. The van der Waals surface area contributed by atoms with Crippen molar-refractivity contribution in [3.63, 3.8) is 0 Å². The first kappa shape index (κ1) is 10.5. The highest BCUT2D eigenvalue weighted by Gasteiger charge is 2.02. The topological polar surface area (TPSA) is 12.0 Å². The summed E-state index contributed by atoms with van der Waals surface area (Å²) in [6.07, 6.45) is 0. The zero-order chi connectivity index (χ0) is 10.7. The Morgan fingerprint density at radius 3 is 2.93 bits per heavy atom. The Morgan fingerprint density at radius 1 is 1.33 bits per heavy atom. The third-order valence-corrected chi connectivity index (χ3v) is 3.07. The molecule has 1 nitrogen and oxygen atoms in total. The first-order valence-electron chi connectivity index (χ1n) is 4.47. The van der Waals surface area contributed by atoms with Gasteiger partial charge in [-0.3, -0.25) is 0 Å². The molecular formula is C11H9ClFNS. The third kappa shape index (κ3) is 2.70. The van der Waals surface area contributed by atoms with Crippen LogP contribution in [0.4, 0.5) is 10.1 Å². The molecule has 1 aromatic carbocycles. The lowest BCUT2D eigenvalue weighted by Gasteiger charge is -2.06. The van der Waals surface area contributed by atoms with Crippen LogP contribution in [0.3, 0.4) is 0 Å². The number of benzene rings is 1. The van der Waals surface area contributed by atoms with E-state index in [-0.39, 0.29) is 5.82 Å². The molecule has 1 heterocycles. The highest BCUT2D eigenvalue weighted by molar-refractivity contribution is 7.09. The number of rotatable bonds is 3. The van der Waals surface area contributed by atoms with Crippen molar-refractivity contribution < 1.29 is 4.39 Å². The quantitative estimate of drug-likeness (QED) is 0.851. The van der Waals surface area contributed by atoms with Gasteiger partial charge in [0.1, 0.15) is 5.82 Å². The maximum absolute atomic E-state index is 13.3. The Kier molecular flexibility index (Phi) is 3.23. The third-order valence-electron chi connectivity index (χ3n) is 1.96. The van der Waals surface area contributed by atoms with Crippen molar-refractivity contribution >= 4 is 28.6 Å². The van der Waals surface area contributed by atoms with Gasteiger partial charge in [0.25, 0.3) is 0 Å². The number of hydrogen-bond donors (Lipinski definition) is 1. The molecule has 2 aromatic rings. The minimum atomic E-state index is -0.282. The molecule has 15 heavy (non-hydrogen) atoms. The molecule has 0 bridgehead atoms. The van der Waals surface area contributed by atoms with Gasteiger partial charge in [0.2, 0.25) is 0 Å². The second-order valence-electron chi connectivity index (χ2n) is 3.06. The SMILES string of the molecule is Fc1ccc(Cl)cc1NCc1cccs1. The highest BCUT2D eigenvalue weighted by atomic mass is 35.5. The van der Waals surface area contributed by atoms with Crippen molar-refractivity contribution in [3.05, 3.63) is 51.4 Å². The molecule has 0 saturated heterocycles. The number of thiophene rings is 1. The van der Waals surface area contributed by atoms with E-state index in [2.05, 4.69) is 5.32 Å². The van der Waals surface area contributed by atoms with Gasteiger partial charge in [-0.25, -0.2) is 4.39 Å². The summed E-state index contributed by atoms with van der Waals surface area (Å²) in [5.74, 6) is -0.282. The minimum absolute atomic E-state index is 0.282. The standard InChI is InChI=1S/C11H9ClFNS/c12-8-3-4-10(13)11(6-8)14-7-9-2-1-5-15-9/h1-6,14H,7H2. The average molecular weight is 242 g/mol. The number of halogens is 2. The molecule has 0 aliphatic heterocycles. The maximum Gasteiger partial charge on any atom is 0.146 e. The Hall–Kier alpha value is -1.06. The van der Waals surface area contributed by atoms with Crippen LogP contribution >= 0.6 is 22.9 Å². The lowest BCUT2D eigenvalue weighted by Crippen LogP contribution is -1.99. The first-order chi connectivity index (χ1) is 7.25. The minimum Gasteiger partial charge on any atom is -0.378 e. The van der Waals surface area contributed by atoms with Gasteiger partial charge in [-0.1, -0.05) is 17.7 Å². The summed E-state index contributed by atoms with van der Waals surface area (Å²) in [5.41, 5.74) is 0.441. The molecule has 0 spiro atoms. The second-order valence-corrected chi connectivity index (χ2v) is 4.53. The van der Waals surface area contributed by atoms with E-state index in [9.17, 15) is 4.39 Å². The van der Waals surface area contributed by atoms with Gasteiger partial charge >= 0.3 is 0 Å². The van der Waals surface area contributed by atoms with Crippen LogP contribution in [0.15, 0.2) is 35.7 Å². The van der Waals surface area contributed by atoms with Gasteiger partial charge in [0.15, 0.2) is 0 Å². The van der Waals surface area contributed by atoms with Crippen LogP contribution in [0.2, 0.25) is 5.02 Å². The number of anilines is 1. The Bertz CT molecular complexity index is 442. The van der Waals surface area contributed by atoms with Crippen molar-refractivity contribution in [1.82, 2.24) is 0 Å². The van der Waals surface area contributed by atoms with E-state index in [0.29, 0.717) is 17.3 Å². The molecule has 0 radical (unpaired) electrons. The van der Waals surface area contributed by atoms with Crippen molar-refractivity contribution in [1.29, 1.82) is 0 Å². The van der Waals surface area contributed by atoms with Crippen molar-refractivity contribution in [3.8, 4) is 0 Å². The molecule has 0 aliphatic carbocycles.